The zero-order valence-corrected chi connectivity index (χ0v) is 12.0. The summed E-state index contributed by atoms with van der Waals surface area (Å²) in [5.74, 6) is 0.703. The summed E-state index contributed by atoms with van der Waals surface area (Å²) in [5, 5.41) is 6.03. The summed E-state index contributed by atoms with van der Waals surface area (Å²) >= 11 is 0. The van der Waals surface area contributed by atoms with Crippen LogP contribution in [0.15, 0.2) is 24.7 Å². The summed E-state index contributed by atoms with van der Waals surface area (Å²) in [4.78, 5) is 7.79. The largest absolute Gasteiger partial charge is 0.346 e. The maximum absolute atomic E-state index is 4.52. The Morgan fingerprint density at radius 3 is 3.15 bits per heavy atom. The van der Waals surface area contributed by atoms with Gasteiger partial charge >= 0.3 is 0 Å². The molecule has 2 N–H and O–H groups in total. The molecule has 0 aliphatic carbocycles. The summed E-state index contributed by atoms with van der Waals surface area (Å²) < 4.78 is 2.46. The van der Waals surface area contributed by atoms with E-state index < -0.39 is 0 Å². The van der Waals surface area contributed by atoms with Gasteiger partial charge in [-0.3, -0.25) is 0 Å². The second-order valence-corrected chi connectivity index (χ2v) is 6.02. The van der Waals surface area contributed by atoms with Gasteiger partial charge in [-0.15, -0.1) is 0 Å². The third-order valence-electron chi connectivity index (χ3n) is 4.72. The lowest BCUT2D eigenvalue weighted by molar-refractivity contribution is 0.280. The van der Waals surface area contributed by atoms with Crippen LogP contribution in [0.2, 0.25) is 0 Å². The van der Waals surface area contributed by atoms with E-state index in [2.05, 4.69) is 52.2 Å². The number of nitrogens with one attached hydrogen (secondary N) is 2. The van der Waals surface area contributed by atoms with Crippen LogP contribution < -0.4 is 5.32 Å². The van der Waals surface area contributed by atoms with Crippen molar-refractivity contribution < 1.29 is 0 Å². The Morgan fingerprint density at radius 1 is 1.40 bits per heavy atom. The van der Waals surface area contributed by atoms with Crippen molar-refractivity contribution in [3.63, 3.8) is 0 Å². The number of pyridine rings is 1. The third kappa shape index (κ3) is 1.61. The van der Waals surface area contributed by atoms with Crippen LogP contribution in [-0.4, -0.2) is 27.6 Å². The fourth-order valence-electron chi connectivity index (χ4n) is 3.51. The Labute approximate surface area is 118 Å². The molecule has 4 heteroatoms. The molecule has 0 bridgehead atoms. The van der Waals surface area contributed by atoms with Gasteiger partial charge in [0.1, 0.15) is 5.65 Å². The van der Waals surface area contributed by atoms with Gasteiger partial charge in [0.05, 0.1) is 5.52 Å². The lowest BCUT2D eigenvalue weighted by Gasteiger charge is -2.31. The fraction of sp³-hybridized carbons (Fsp3) is 0.438. The summed E-state index contributed by atoms with van der Waals surface area (Å²) in [6.45, 7) is 6.70. The number of aromatic nitrogens is 3. The van der Waals surface area contributed by atoms with Crippen LogP contribution >= 0.6 is 0 Å². The fourth-order valence-corrected chi connectivity index (χ4v) is 3.51. The zero-order valence-electron chi connectivity index (χ0n) is 12.0. The summed E-state index contributed by atoms with van der Waals surface area (Å²) in [7, 11) is 0. The molecule has 0 amide bonds. The Kier molecular flexibility index (Phi) is 2.60. The Balaban J connectivity index is 1.99. The molecule has 0 unspecified atom stereocenters. The van der Waals surface area contributed by atoms with Crippen molar-refractivity contribution in [2.24, 2.45) is 5.92 Å². The Hall–Kier alpha value is -1.81. The maximum Gasteiger partial charge on any atom is 0.139 e. The van der Waals surface area contributed by atoms with E-state index in [9.17, 15) is 0 Å². The van der Waals surface area contributed by atoms with E-state index in [-0.39, 0.29) is 0 Å². The van der Waals surface area contributed by atoms with Crippen molar-refractivity contribution in [2.45, 2.75) is 26.3 Å². The zero-order chi connectivity index (χ0) is 13.7. The van der Waals surface area contributed by atoms with Crippen LogP contribution in [0.3, 0.4) is 0 Å². The SMILES string of the molecule is Cc1c[nH]c2ncc3ccn([C@H]4CNCC[C@H]4C)c3c12. The van der Waals surface area contributed by atoms with E-state index in [4.69, 9.17) is 0 Å². The van der Waals surface area contributed by atoms with Crippen LogP contribution in [0.1, 0.15) is 24.9 Å². The molecule has 1 aliphatic heterocycles. The number of hydrogen-bond donors (Lipinski definition) is 2. The third-order valence-corrected chi connectivity index (χ3v) is 4.72. The normalized spacial score (nSPS) is 23.7. The molecular weight excluding hydrogens is 248 g/mol. The van der Waals surface area contributed by atoms with Crippen molar-refractivity contribution >= 4 is 21.9 Å². The first kappa shape index (κ1) is 12.0. The quantitative estimate of drug-likeness (QED) is 0.712. The highest BCUT2D eigenvalue weighted by molar-refractivity contribution is 6.04. The molecule has 1 aliphatic rings. The van der Waals surface area contributed by atoms with Crippen molar-refractivity contribution in [3.05, 3.63) is 30.2 Å². The average molecular weight is 268 g/mol. The molecule has 0 radical (unpaired) electrons. The molecule has 4 heterocycles. The molecule has 0 saturated carbocycles. The van der Waals surface area contributed by atoms with Gasteiger partial charge in [0.25, 0.3) is 0 Å². The number of piperidine rings is 1. The van der Waals surface area contributed by atoms with E-state index in [0.717, 1.165) is 18.7 Å². The van der Waals surface area contributed by atoms with E-state index in [0.29, 0.717) is 12.0 Å². The highest BCUT2D eigenvalue weighted by Gasteiger charge is 2.24. The topological polar surface area (TPSA) is 45.6 Å². The standard InChI is InChI=1S/C16H20N4/c1-10-3-5-17-9-13(10)20-6-4-12-8-19-16-14(15(12)20)11(2)7-18-16/h4,6-8,10,13,17H,3,5,9H2,1-2H3,(H,18,19)/t10-,13+/m1/s1. The lowest BCUT2D eigenvalue weighted by atomic mass is 9.94. The molecule has 0 aromatic carbocycles. The molecule has 4 nitrogen and oxygen atoms in total. The molecule has 1 saturated heterocycles. The molecule has 3 aromatic rings. The van der Waals surface area contributed by atoms with E-state index >= 15 is 0 Å². The number of nitrogens with zero attached hydrogens (tertiary/aromatic N) is 2. The first-order valence-electron chi connectivity index (χ1n) is 7.39. The van der Waals surface area contributed by atoms with Gasteiger partial charge in [-0.05, 0) is 37.4 Å². The predicted molar refractivity (Wildman–Crippen MR) is 82.0 cm³/mol. The Bertz CT molecular complexity index is 767. The number of rotatable bonds is 1. The summed E-state index contributed by atoms with van der Waals surface area (Å²) in [6, 6.07) is 2.72. The number of hydrogen-bond acceptors (Lipinski definition) is 2. The lowest BCUT2D eigenvalue weighted by Crippen LogP contribution is -2.36. The average Bonchev–Trinajstić information content (AvgIpc) is 3.03. The van der Waals surface area contributed by atoms with Crippen LogP contribution in [0, 0.1) is 12.8 Å². The molecular formula is C16H20N4. The number of aromatic amines is 1. The molecule has 0 spiro atoms. The number of H-pyrrole nitrogens is 1. The van der Waals surface area contributed by atoms with Crippen LogP contribution in [0.4, 0.5) is 0 Å². The van der Waals surface area contributed by atoms with Gasteiger partial charge in [-0.1, -0.05) is 6.92 Å². The van der Waals surface area contributed by atoms with Crippen molar-refractivity contribution in [1.29, 1.82) is 0 Å². The van der Waals surface area contributed by atoms with E-state index in [1.54, 1.807) is 0 Å². The molecule has 1 fully saturated rings. The minimum atomic E-state index is 0.529. The molecule has 4 rings (SSSR count). The van der Waals surface area contributed by atoms with Crippen LogP contribution in [0.5, 0.6) is 0 Å². The van der Waals surface area contributed by atoms with Crippen molar-refractivity contribution in [3.8, 4) is 0 Å². The molecule has 104 valence electrons. The summed E-state index contributed by atoms with van der Waals surface area (Å²) in [5.41, 5.74) is 3.59. The minimum Gasteiger partial charge on any atom is -0.346 e. The monoisotopic (exact) mass is 268 g/mol. The van der Waals surface area contributed by atoms with Crippen molar-refractivity contribution in [1.82, 2.24) is 19.9 Å². The van der Waals surface area contributed by atoms with E-state index in [1.165, 1.54) is 28.3 Å². The first-order chi connectivity index (χ1) is 9.75. The highest BCUT2D eigenvalue weighted by Crippen LogP contribution is 2.32. The Morgan fingerprint density at radius 2 is 2.30 bits per heavy atom. The van der Waals surface area contributed by atoms with Gasteiger partial charge in [-0.25, -0.2) is 4.98 Å². The smallest absolute Gasteiger partial charge is 0.139 e. The van der Waals surface area contributed by atoms with Crippen LogP contribution in [0.25, 0.3) is 21.9 Å². The van der Waals surface area contributed by atoms with E-state index in [1.807, 2.05) is 6.20 Å². The van der Waals surface area contributed by atoms with Gasteiger partial charge in [0.2, 0.25) is 0 Å². The summed E-state index contributed by atoms with van der Waals surface area (Å²) in [6.07, 6.45) is 7.50. The first-order valence-corrected chi connectivity index (χ1v) is 7.39. The molecule has 2 atom stereocenters. The van der Waals surface area contributed by atoms with Crippen molar-refractivity contribution in [2.75, 3.05) is 13.1 Å². The second kappa shape index (κ2) is 4.35. The number of fused-ring (bicyclic) bond motifs is 3. The van der Waals surface area contributed by atoms with Gasteiger partial charge in [0, 0.05) is 41.9 Å². The maximum atomic E-state index is 4.52. The van der Waals surface area contributed by atoms with Gasteiger partial charge in [-0.2, -0.15) is 0 Å². The second-order valence-electron chi connectivity index (χ2n) is 6.02. The highest BCUT2D eigenvalue weighted by atomic mass is 15.1. The van der Waals surface area contributed by atoms with Gasteiger partial charge < -0.3 is 14.9 Å². The molecule has 3 aromatic heterocycles. The number of aryl methyl sites for hydroxylation is 1. The molecule has 20 heavy (non-hydrogen) atoms. The van der Waals surface area contributed by atoms with Crippen LogP contribution in [-0.2, 0) is 0 Å². The minimum absolute atomic E-state index is 0.529. The predicted octanol–water partition coefficient (Wildman–Crippen LogP) is 3.00. The van der Waals surface area contributed by atoms with Gasteiger partial charge in [0.15, 0.2) is 0 Å².